The molecular formula is C18H18N6O5S2. The van der Waals surface area contributed by atoms with E-state index in [0.29, 0.717) is 27.3 Å². The summed E-state index contributed by atoms with van der Waals surface area (Å²) in [5.41, 5.74) is 1.54. The van der Waals surface area contributed by atoms with Gasteiger partial charge in [0, 0.05) is 18.0 Å². The van der Waals surface area contributed by atoms with Gasteiger partial charge in [-0.3, -0.25) is 9.52 Å². The molecule has 13 heteroatoms. The first-order valence-corrected chi connectivity index (χ1v) is 11.3. The van der Waals surface area contributed by atoms with Gasteiger partial charge in [0.15, 0.2) is 17.2 Å². The van der Waals surface area contributed by atoms with Gasteiger partial charge in [0.25, 0.3) is 0 Å². The molecule has 0 bridgehead atoms. The molecule has 1 heterocycles. The highest BCUT2D eigenvalue weighted by Crippen LogP contribution is 2.40. The van der Waals surface area contributed by atoms with Crippen molar-refractivity contribution in [1.82, 2.24) is 4.37 Å². The number of fused-ring (bicyclic) bond motifs is 1. The summed E-state index contributed by atoms with van der Waals surface area (Å²) >= 11 is 1.09. The number of aromatic nitrogens is 1. The maximum absolute atomic E-state index is 11.5. The Morgan fingerprint density at radius 2 is 2.03 bits per heavy atom. The number of hydrogen-bond donors (Lipinski definition) is 3. The SMILES string of the molecule is COC=Nc1cc(/N=N/c2snc3ccc(NS(C)(=O)=O)cc23)cc(NC(C)=O)c1O. The van der Waals surface area contributed by atoms with Crippen LogP contribution in [0.2, 0.25) is 0 Å². The van der Waals surface area contributed by atoms with Crippen LogP contribution in [0.5, 0.6) is 5.75 Å². The number of ether oxygens (including phenoxy) is 1. The van der Waals surface area contributed by atoms with Crippen LogP contribution in [0.3, 0.4) is 0 Å². The number of sulfonamides is 1. The third-order valence-corrected chi connectivity index (χ3v) is 5.07. The normalized spacial score (nSPS) is 12.0. The Hall–Kier alpha value is -3.58. The van der Waals surface area contributed by atoms with Crippen molar-refractivity contribution in [3.63, 3.8) is 0 Å². The second kappa shape index (κ2) is 9.06. The van der Waals surface area contributed by atoms with Crippen molar-refractivity contribution in [1.29, 1.82) is 0 Å². The fourth-order valence-corrected chi connectivity index (χ4v) is 3.77. The number of methoxy groups -OCH3 is 1. The number of anilines is 2. The molecule has 3 aromatic rings. The maximum Gasteiger partial charge on any atom is 0.229 e. The highest BCUT2D eigenvalue weighted by molar-refractivity contribution is 7.92. The van der Waals surface area contributed by atoms with E-state index in [1.54, 1.807) is 18.2 Å². The molecule has 3 rings (SSSR count). The molecule has 0 aliphatic carbocycles. The van der Waals surface area contributed by atoms with E-state index in [1.807, 2.05) is 0 Å². The van der Waals surface area contributed by atoms with Gasteiger partial charge in [-0.2, -0.15) is 4.37 Å². The summed E-state index contributed by atoms with van der Waals surface area (Å²) in [6.07, 6.45) is 2.19. The fraction of sp³-hybridized carbons (Fsp3) is 0.167. The summed E-state index contributed by atoms with van der Waals surface area (Å²) < 4.78 is 34.4. The number of amides is 1. The molecule has 0 spiro atoms. The third kappa shape index (κ3) is 5.73. The lowest BCUT2D eigenvalue weighted by atomic mass is 10.2. The van der Waals surface area contributed by atoms with Gasteiger partial charge in [0.2, 0.25) is 15.9 Å². The zero-order valence-electron chi connectivity index (χ0n) is 16.6. The summed E-state index contributed by atoms with van der Waals surface area (Å²) in [5, 5.41) is 22.2. The van der Waals surface area contributed by atoms with Crippen LogP contribution >= 0.6 is 11.5 Å². The van der Waals surface area contributed by atoms with Gasteiger partial charge in [-0.1, -0.05) is 0 Å². The Labute approximate surface area is 181 Å². The number of carbonyl (C=O) groups excluding carboxylic acids is 1. The molecule has 2 aromatic carbocycles. The molecule has 0 radical (unpaired) electrons. The van der Waals surface area contributed by atoms with E-state index < -0.39 is 10.0 Å². The van der Waals surface area contributed by atoms with Crippen molar-refractivity contribution in [2.45, 2.75) is 6.92 Å². The Balaban J connectivity index is 2.00. The molecule has 0 unspecified atom stereocenters. The number of nitrogens with zero attached hydrogens (tertiary/aromatic N) is 4. The van der Waals surface area contributed by atoms with Crippen LogP contribution in [0.1, 0.15) is 6.92 Å². The molecule has 162 valence electrons. The van der Waals surface area contributed by atoms with Crippen LogP contribution in [0.15, 0.2) is 45.6 Å². The van der Waals surface area contributed by atoms with Crippen molar-refractivity contribution in [3.8, 4) is 5.75 Å². The number of phenolic OH excluding ortho intramolecular Hbond substituents is 1. The summed E-state index contributed by atoms with van der Waals surface area (Å²) in [4.78, 5) is 15.4. The Morgan fingerprint density at radius 3 is 2.71 bits per heavy atom. The lowest BCUT2D eigenvalue weighted by molar-refractivity contribution is -0.114. The predicted octanol–water partition coefficient (Wildman–Crippen LogP) is 4.05. The smallest absolute Gasteiger partial charge is 0.229 e. The number of aromatic hydroxyl groups is 1. The van der Waals surface area contributed by atoms with Crippen molar-refractivity contribution >= 4 is 72.5 Å². The van der Waals surface area contributed by atoms with Gasteiger partial charge in [0.1, 0.15) is 5.69 Å². The number of hydrogen-bond acceptors (Lipinski definition) is 10. The average Bonchev–Trinajstić information content (AvgIpc) is 3.08. The number of azo groups is 1. The van der Waals surface area contributed by atoms with Crippen molar-refractivity contribution in [3.05, 3.63) is 30.3 Å². The molecule has 31 heavy (non-hydrogen) atoms. The molecule has 0 saturated heterocycles. The number of benzene rings is 2. The van der Waals surface area contributed by atoms with Gasteiger partial charge in [-0.25, -0.2) is 13.4 Å². The van der Waals surface area contributed by atoms with Gasteiger partial charge in [-0.05, 0) is 41.9 Å². The zero-order valence-corrected chi connectivity index (χ0v) is 18.3. The zero-order chi connectivity index (χ0) is 22.6. The number of phenols is 1. The number of rotatable bonds is 7. The van der Waals surface area contributed by atoms with E-state index in [0.717, 1.165) is 24.2 Å². The van der Waals surface area contributed by atoms with Crippen molar-refractivity contribution in [2.24, 2.45) is 15.2 Å². The Kier molecular flexibility index (Phi) is 6.46. The van der Waals surface area contributed by atoms with Gasteiger partial charge in [-0.15, -0.1) is 10.2 Å². The molecular weight excluding hydrogens is 444 g/mol. The van der Waals surface area contributed by atoms with Crippen molar-refractivity contribution < 1.29 is 23.1 Å². The van der Waals surface area contributed by atoms with Crippen LogP contribution in [-0.4, -0.2) is 43.6 Å². The van der Waals surface area contributed by atoms with Crippen molar-refractivity contribution in [2.75, 3.05) is 23.4 Å². The topological polar surface area (TPSA) is 155 Å². The number of aliphatic imine (C=N–C) groups is 1. The highest BCUT2D eigenvalue weighted by Gasteiger charge is 2.12. The van der Waals surface area contributed by atoms with Crippen LogP contribution in [-0.2, 0) is 19.6 Å². The van der Waals surface area contributed by atoms with E-state index in [1.165, 1.54) is 26.2 Å². The average molecular weight is 463 g/mol. The predicted molar refractivity (Wildman–Crippen MR) is 120 cm³/mol. The quantitative estimate of drug-likeness (QED) is 0.208. The van der Waals surface area contributed by atoms with E-state index in [4.69, 9.17) is 4.74 Å². The van der Waals surface area contributed by atoms with E-state index >= 15 is 0 Å². The Bertz CT molecular complexity index is 1300. The van der Waals surface area contributed by atoms with Crippen LogP contribution in [0, 0.1) is 0 Å². The van der Waals surface area contributed by atoms with E-state index in [2.05, 4.69) is 29.6 Å². The minimum absolute atomic E-state index is 0.112. The molecule has 1 aromatic heterocycles. The van der Waals surface area contributed by atoms with Gasteiger partial charge in [0.05, 0.1) is 30.3 Å². The van der Waals surface area contributed by atoms with Gasteiger partial charge < -0.3 is 15.2 Å². The fourth-order valence-electron chi connectivity index (χ4n) is 2.54. The minimum Gasteiger partial charge on any atom is -0.504 e. The number of nitrogens with one attached hydrogen (secondary N) is 2. The lowest BCUT2D eigenvalue weighted by Gasteiger charge is -2.08. The third-order valence-electron chi connectivity index (χ3n) is 3.70. The molecule has 11 nitrogen and oxygen atoms in total. The second-order valence-corrected chi connectivity index (χ2v) is 8.81. The standard InChI is InChI=1S/C18H18N6O5S2/c1-10(25)20-16-8-12(7-15(17(16)26)19-9-29-2)21-22-18-13-6-11(24-31(3,27)28)4-5-14(13)23-30-18/h4-9,24,26H,1-3H3,(H,20,25)/b19-9?,22-21+. The minimum atomic E-state index is -3.43. The number of carbonyl (C=O) groups is 1. The summed E-state index contributed by atoms with van der Waals surface area (Å²) in [6.45, 7) is 1.30. The Morgan fingerprint density at radius 1 is 1.26 bits per heavy atom. The van der Waals surface area contributed by atoms with Crippen LogP contribution < -0.4 is 10.0 Å². The first kappa shape index (κ1) is 22.1. The molecule has 0 aliphatic heterocycles. The molecule has 0 atom stereocenters. The molecule has 3 N–H and O–H groups in total. The maximum atomic E-state index is 11.5. The molecule has 0 fully saturated rings. The first-order valence-electron chi connectivity index (χ1n) is 8.65. The second-order valence-electron chi connectivity index (χ2n) is 6.31. The highest BCUT2D eigenvalue weighted by atomic mass is 32.2. The molecule has 0 saturated carbocycles. The van der Waals surface area contributed by atoms with Crippen LogP contribution in [0.4, 0.5) is 27.8 Å². The van der Waals surface area contributed by atoms with Gasteiger partial charge >= 0.3 is 0 Å². The van der Waals surface area contributed by atoms with E-state index in [-0.39, 0.29) is 23.0 Å². The summed E-state index contributed by atoms with van der Waals surface area (Å²) in [5.74, 6) is -0.632. The lowest BCUT2D eigenvalue weighted by Crippen LogP contribution is -2.09. The largest absolute Gasteiger partial charge is 0.504 e. The van der Waals surface area contributed by atoms with E-state index in [9.17, 15) is 18.3 Å². The molecule has 1 amide bonds. The molecule has 0 aliphatic rings. The summed E-state index contributed by atoms with van der Waals surface area (Å²) in [6, 6.07) is 7.78. The first-order chi connectivity index (χ1) is 14.7. The summed E-state index contributed by atoms with van der Waals surface area (Å²) in [7, 11) is -2.03. The monoisotopic (exact) mass is 462 g/mol. The van der Waals surface area contributed by atoms with Crippen LogP contribution in [0.25, 0.3) is 10.9 Å².